The van der Waals surface area contributed by atoms with Gasteiger partial charge in [0.25, 0.3) is 0 Å². The first kappa shape index (κ1) is 15.0. The summed E-state index contributed by atoms with van der Waals surface area (Å²) in [7, 11) is 0. The van der Waals surface area contributed by atoms with Crippen molar-refractivity contribution in [2.24, 2.45) is 0 Å². The highest BCUT2D eigenvalue weighted by Gasteiger charge is 2.13. The van der Waals surface area contributed by atoms with Crippen molar-refractivity contribution in [1.29, 1.82) is 0 Å². The van der Waals surface area contributed by atoms with Crippen molar-refractivity contribution in [2.45, 2.75) is 13.8 Å². The molecular formula is C17H17FO3. The number of ether oxygens (including phenoxy) is 2. The van der Waals surface area contributed by atoms with E-state index in [1.807, 2.05) is 6.92 Å². The Morgan fingerprint density at radius 3 is 2.62 bits per heavy atom. The molecule has 0 amide bonds. The van der Waals surface area contributed by atoms with Gasteiger partial charge in [0.2, 0.25) is 5.78 Å². The predicted molar refractivity (Wildman–Crippen MR) is 78.6 cm³/mol. The van der Waals surface area contributed by atoms with Crippen LogP contribution in [0.15, 0.2) is 42.5 Å². The molecule has 0 bridgehead atoms. The zero-order chi connectivity index (χ0) is 15.2. The number of rotatable bonds is 6. The lowest BCUT2D eigenvalue weighted by atomic mass is 10.1. The number of halogens is 1. The zero-order valence-electron chi connectivity index (χ0n) is 12.1. The Kier molecular flexibility index (Phi) is 4.93. The van der Waals surface area contributed by atoms with Crippen LogP contribution in [0.2, 0.25) is 0 Å². The van der Waals surface area contributed by atoms with Crippen LogP contribution in [0.1, 0.15) is 22.8 Å². The van der Waals surface area contributed by atoms with Crippen molar-refractivity contribution >= 4 is 5.78 Å². The number of carbonyl (C=O) groups is 1. The monoisotopic (exact) mass is 288 g/mol. The Labute approximate surface area is 123 Å². The van der Waals surface area contributed by atoms with Gasteiger partial charge in [0.1, 0.15) is 17.3 Å². The van der Waals surface area contributed by atoms with Gasteiger partial charge in [-0.25, -0.2) is 4.39 Å². The number of ketones is 1. The van der Waals surface area contributed by atoms with Crippen LogP contribution in [0.25, 0.3) is 0 Å². The van der Waals surface area contributed by atoms with Crippen LogP contribution in [0.4, 0.5) is 4.39 Å². The van der Waals surface area contributed by atoms with Crippen molar-refractivity contribution in [3.8, 4) is 11.5 Å². The molecule has 0 aliphatic rings. The van der Waals surface area contributed by atoms with E-state index in [-0.39, 0.29) is 12.4 Å². The quantitative estimate of drug-likeness (QED) is 0.759. The third-order valence-electron chi connectivity index (χ3n) is 3.00. The zero-order valence-corrected chi connectivity index (χ0v) is 12.1. The molecule has 0 spiro atoms. The minimum Gasteiger partial charge on any atom is -0.493 e. The van der Waals surface area contributed by atoms with Gasteiger partial charge in [-0.1, -0.05) is 18.2 Å². The Balaban J connectivity index is 2.10. The fourth-order valence-electron chi connectivity index (χ4n) is 1.93. The van der Waals surface area contributed by atoms with E-state index in [0.717, 1.165) is 5.56 Å². The number of hydrogen-bond acceptors (Lipinski definition) is 3. The summed E-state index contributed by atoms with van der Waals surface area (Å²) in [6.07, 6.45) is 0. The molecule has 0 radical (unpaired) electrons. The van der Waals surface area contributed by atoms with Crippen LogP contribution in [0.3, 0.4) is 0 Å². The minimum atomic E-state index is -0.391. The van der Waals surface area contributed by atoms with Crippen LogP contribution in [0.5, 0.6) is 11.5 Å². The summed E-state index contributed by atoms with van der Waals surface area (Å²) in [5.74, 6) is 0.308. The fraction of sp³-hybridized carbons (Fsp3) is 0.235. The SMILES string of the molecule is CCOc1ccccc1C(=O)COc1cc(F)ccc1C. The normalized spacial score (nSPS) is 10.2. The third-order valence-corrected chi connectivity index (χ3v) is 3.00. The molecule has 110 valence electrons. The summed E-state index contributed by atoms with van der Waals surface area (Å²) < 4.78 is 24.0. The van der Waals surface area contributed by atoms with Crippen LogP contribution < -0.4 is 9.47 Å². The Bertz CT molecular complexity index is 638. The Morgan fingerprint density at radius 2 is 1.86 bits per heavy atom. The standard InChI is InChI=1S/C17H17FO3/c1-3-20-16-7-5-4-6-14(16)15(19)11-21-17-10-13(18)9-8-12(17)2/h4-10H,3,11H2,1-2H3. The maximum absolute atomic E-state index is 13.2. The van der Waals surface area contributed by atoms with Gasteiger partial charge in [-0.15, -0.1) is 0 Å². The first-order valence-corrected chi connectivity index (χ1v) is 6.75. The van der Waals surface area contributed by atoms with Gasteiger partial charge in [-0.05, 0) is 37.6 Å². The fourth-order valence-corrected chi connectivity index (χ4v) is 1.93. The van der Waals surface area contributed by atoms with Gasteiger partial charge in [-0.3, -0.25) is 4.79 Å². The molecule has 0 aliphatic carbocycles. The van der Waals surface area contributed by atoms with Crippen molar-refractivity contribution in [2.75, 3.05) is 13.2 Å². The molecule has 3 nitrogen and oxygen atoms in total. The lowest BCUT2D eigenvalue weighted by Crippen LogP contribution is -2.13. The smallest absolute Gasteiger partial charge is 0.203 e. The maximum Gasteiger partial charge on any atom is 0.203 e. The molecule has 0 saturated carbocycles. The molecule has 0 aliphatic heterocycles. The molecule has 2 rings (SSSR count). The summed E-state index contributed by atoms with van der Waals surface area (Å²) in [5, 5.41) is 0. The molecule has 4 heteroatoms. The van der Waals surface area contributed by atoms with E-state index in [1.165, 1.54) is 12.1 Å². The van der Waals surface area contributed by atoms with Gasteiger partial charge in [-0.2, -0.15) is 0 Å². The summed E-state index contributed by atoms with van der Waals surface area (Å²) in [4.78, 5) is 12.2. The highest BCUT2D eigenvalue weighted by molar-refractivity contribution is 5.99. The van der Waals surface area contributed by atoms with Crippen molar-refractivity contribution in [3.63, 3.8) is 0 Å². The van der Waals surface area contributed by atoms with E-state index in [4.69, 9.17) is 9.47 Å². The van der Waals surface area contributed by atoms with Crippen molar-refractivity contribution < 1.29 is 18.7 Å². The largest absolute Gasteiger partial charge is 0.493 e. The Hall–Kier alpha value is -2.36. The lowest BCUT2D eigenvalue weighted by Gasteiger charge is -2.11. The first-order valence-electron chi connectivity index (χ1n) is 6.75. The highest BCUT2D eigenvalue weighted by atomic mass is 19.1. The van der Waals surface area contributed by atoms with E-state index >= 15 is 0 Å². The number of aryl methyl sites for hydroxylation is 1. The molecule has 0 heterocycles. The first-order chi connectivity index (χ1) is 10.1. The Morgan fingerprint density at radius 1 is 1.10 bits per heavy atom. The highest BCUT2D eigenvalue weighted by Crippen LogP contribution is 2.21. The van der Waals surface area contributed by atoms with E-state index in [9.17, 15) is 9.18 Å². The summed E-state index contributed by atoms with van der Waals surface area (Å²) in [6.45, 7) is 3.98. The topological polar surface area (TPSA) is 35.5 Å². The number of benzene rings is 2. The van der Waals surface area contributed by atoms with Crippen LogP contribution >= 0.6 is 0 Å². The molecule has 0 fully saturated rings. The van der Waals surface area contributed by atoms with E-state index in [1.54, 1.807) is 37.3 Å². The molecule has 0 aromatic heterocycles. The summed E-state index contributed by atoms with van der Waals surface area (Å²) in [6, 6.07) is 11.2. The van der Waals surface area contributed by atoms with E-state index < -0.39 is 5.82 Å². The molecule has 21 heavy (non-hydrogen) atoms. The predicted octanol–water partition coefficient (Wildman–Crippen LogP) is 3.79. The number of Topliss-reactive ketones (excluding diaryl/α,β-unsaturated/α-hetero) is 1. The van der Waals surface area contributed by atoms with Crippen LogP contribution in [0, 0.1) is 12.7 Å². The molecular weight excluding hydrogens is 271 g/mol. The average Bonchev–Trinajstić information content (AvgIpc) is 2.49. The van der Waals surface area contributed by atoms with Gasteiger partial charge in [0.15, 0.2) is 6.61 Å². The third kappa shape index (κ3) is 3.81. The van der Waals surface area contributed by atoms with Gasteiger partial charge in [0.05, 0.1) is 12.2 Å². The molecule has 2 aromatic carbocycles. The summed E-state index contributed by atoms with van der Waals surface area (Å²) in [5.41, 5.74) is 1.25. The van der Waals surface area contributed by atoms with Crippen LogP contribution in [-0.2, 0) is 0 Å². The molecule has 0 unspecified atom stereocenters. The second-order valence-electron chi connectivity index (χ2n) is 4.55. The van der Waals surface area contributed by atoms with E-state index in [2.05, 4.69) is 0 Å². The molecule has 0 atom stereocenters. The number of hydrogen-bond donors (Lipinski definition) is 0. The molecule has 2 aromatic rings. The van der Waals surface area contributed by atoms with Crippen molar-refractivity contribution in [3.05, 3.63) is 59.4 Å². The molecule has 0 N–H and O–H groups in total. The van der Waals surface area contributed by atoms with E-state index in [0.29, 0.717) is 23.7 Å². The average molecular weight is 288 g/mol. The van der Waals surface area contributed by atoms with Gasteiger partial charge < -0.3 is 9.47 Å². The van der Waals surface area contributed by atoms with Gasteiger partial charge >= 0.3 is 0 Å². The maximum atomic E-state index is 13.2. The number of para-hydroxylation sites is 1. The number of carbonyl (C=O) groups excluding carboxylic acids is 1. The molecule has 0 saturated heterocycles. The van der Waals surface area contributed by atoms with Crippen LogP contribution in [-0.4, -0.2) is 19.0 Å². The second-order valence-corrected chi connectivity index (χ2v) is 4.55. The second kappa shape index (κ2) is 6.88. The van der Waals surface area contributed by atoms with Gasteiger partial charge in [0, 0.05) is 6.07 Å². The minimum absolute atomic E-state index is 0.158. The van der Waals surface area contributed by atoms with Crippen molar-refractivity contribution in [1.82, 2.24) is 0 Å². The summed E-state index contributed by atoms with van der Waals surface area (Å²) >= 11 is 0. The lowest BCUT2D eigenvalue weighted by molar-refractivity contribution is 0.0917.